The van der Waals surface area contributed by atoms with Gasteiger partial charge in [-0.15, -0.1) is 0 Å². The number of Topliss-reactive ketones (excluding diaryl/α,β-unsaturated/α-hetero) is 1. The van der Waals surface area contributed by atoms with Crippen LogP contribution in [0.2, 0.25) is 0 Å². The predicted molar refractivity (Wildman–Crippen MR) is 83.8 cm³/mol. The highest BCUT2D eigenvalue weighted by atomic mass is 16.4. The molecule has 0 radical (unpaired) electrons. The van der Waals surface area contributed by atoms with E-state index in [1.807, 2.05) is 36.4 Å². The summed E-state index contributed by atoms with van der Waals surface area (Å²) in [6, 6.07) is 8.02. The molecule has 0 aromatic heterocycles. The van der Waals surface area contributed by atoms with E-state index in [-0.39, 0.29) is 0 Å². The second-order valence-corrected chi connectivity index (χ2v) is 4.35. The molecule has 6 heteroatoms. The Morgan fingerprint density at radius 1 is 1.05 bits per heavy atom. The van der Waals surface area contributed by atoms with Crippen molar-refractivity contribution in [3.05, 3.63) is 48.6 Å². The van der Waals surface area contributed by atoms with Crippen molar-refractivity contribution in [1.29, 1.82) is 0 Å². The zero-order valence-electron chi connectivity index (χ0n) is 12.2. The van der Waals surface area contributed by atoms with Gasteiger partial charge < -0.3 is 25.5 Å². The van der Waals surface area contributed by atoms with Gasteiger partial charge in [0.15, 0.2) is 5.78 Å². The Bertz CT molecular complexity index is 458. The molecule has 0 amide bonds. The van der Waals surface area contributed by atoms with E-state index in [2.05, 4.69) is 13.2 Å². The van der Waals surface area contributed by atoms with Crippen molar-refractivity contribution in [3.8, 4) is 0 Å². The molecule has 0 aliphatic carbocycles. The summed E-state index contributed by atoms with van der Waals surface area (Å²) < 4.78 is 0. The Morgan fingerprint density at radius 2 is 1.50 bits per heavy atom. The van der Waals surface area contributed by atoms with Gasteiger partial charge in [0, 0.05) is 0 Å². The van der Waals surface area contributed by atoms with E-state index in [4.69, 9.17) is 25.5 Å². The van der Waals surface area contributed by atoms with E-state index in [0.717, 1.165) is 11.1 Å². The van der Waals surface area contributed by atoms with Crippen LogP contribution in [0.15, 0.2) is 37.4 Å². The molecule has 22 heavy (non-hydrogen) atoms. The van der Waals surface area contributed by atoms with Crippen LogP contribution in [0.4, 0.5) is 0 Å². The first-order valence-electron chi connectivity index (χ1n) is 6.55. The highest BCUT2D eigenvalue weighted by molar-refractivity contribution is 5.84. The fourth-order valence-corrected chi connectivity index (χ4v) is 1.49. The highest BCUT2D eigenvalue weighted by Gasteiger charge is 2.28. The monoisotopic (exact) mass is 310 g/mol. The number of ketones is 1. The average molecular weight is 310 g/mol. The van der Waals surface area contributed by atoms with Gasteiger partial charge in [0.2, 0.25) is 0 Å². The number of carbonyl (C=O) groups is 1. The van der Waals surface area contributed by atoms with Crippen molar-refractivity contribution in [2.75, 3.05) is 13.2 Å². The summed E-state index contributed by atoms with van der Waals surface area (Å²) in [7, 11) is 0. The molecule has 5 N–H and O–H groups in total. The zero-order valence-corrected chi connectivity index (χ0v) is 12.2. The lowest BCUT2D eigenvalue weighted by Gasteiger charge is -2.19. The van der Waals surface area contributed by atoms with E-state index in [9.17, 15) is 4.79 Å². The number of rotatable bonds is 7. The first-order valence-corrected chi connectivity index (χ1v) is 6.55. The lowest BCUT2D eigenvalue weighted by molar-refractivity contribution is -0.142. The SMILES string of the molecule is C=Cc1ccccc1C=C.O=C(CO)[C@H](O)[C@@H](O)[C@H](O)CO. The minimum atomic E-state index is -1.86. The summed E-state index contributed by atoms with van der Waals surface area (Å²) >= 11 is 0. The van der Waals surface area contributed by atoms with Crippen LogP contribution < -0.4 is 0 Å². The Morgan fingerprint density at radius 3 is 1.82 bits per heavy atom. The van der Waals surface area contributed by atoms with Crippen LogP contribution in [0.25, 0.3) is 12.2 Å². The molecule has 0 spiro atoms. The Labute approximate surface area is 129 Å². The fraction of sp³-hybridized carbons (Fsp3) is 0.312. The number of hydrogen-bond acceptors (Lipinski definition) is 6. The molecular formula is C16H22O6. The van der Waals surface area contributed by atoms with Crippen molar-refractivity contribution in [1.82, 2.24) is 0 Å². The van der Waals surface area contributed by atoms with Crippen molar-refractivity contribution < 1.29 is 30.3 Å². The third-order valence-corrected chi connectivity index (χ3v) is 2.83. The largest absolute Gasteiger partial charge is 0.394 e. The second-order valence-electron chi connectivity index (χ2n) is 4.35. The molecule has 0 aliphatic heterocycles. The lowest BCUT2D eigenvalue weighted by Crippen LogP contribution is -2.44. The molecule has 0 aliphatic rings. The Hall–Kier alpha value is -1.83. The molecule has 0 fully saturated rings. The van der Waals surface area contributed by atoms with Crippen molar-refractivity contribution >= 4 is 17.9 Å². The van der Waals surface area contributed by atoms with Crippen LogP contribution in [0, 0.1) is 0 Å². The third kappa shape index (κ3) is 6.30. The zero-order chi connectivity index (χ0) is 17.1. The Balaban J connectivity index is 0.000000406. The molecule has 1 aromatic rings. The Kier molecular flexibility index (Phi) is 9.93. The second kappa shape index (κ2) is 10.8. The molecule has 0 saturated heterocycles. The number of benzene rings is 1. The topological polar surface area (TPSA) is 118 Å². The molecule has 0 heterocycles. The summed E-state index contributed by atoms with van der Waals surface area (Å²) in [6.07, 6.45) is -1.56. The molecule has 0 saturated carbocycles. The van der Waals surface area contributed by atoms with Crippen molar-refractivity contribution in [2.24, 2.45) is 0 Å². The van der Waals surface area contributed by atoms with Gasteiger partial charge in [-0.2, -0.15) is 0 Å². The molecule has 6 nitrogen and oxygen atoms in total. The number of carbonyl (C=O) groups excluding carboxylic acids is 1. The van der Waals surface area contributed by atoms with Gasteiger partial charge in [0.1, 0.15) is 24.9 Å². The molecular weight excluding hydrogens is 288 g/mol. The maximum Gasteiger partial charge on any atom is 0.189 e. The van der Waals surface area contributed by atoms with Crippen LogP contribution in [-0.2, 0) is 4.79 Å². The van der Waals surface area contributed by atoms with E-state index >= 15 is 0 Å². The maximum atomic E-state index is 10.5. The number of aliphatic hydroxyl groups is 5. The smallest absolute Gasteiger partial charge is 0.189 e. The fourth-order valence-electron chi connectivity index (χ4n) is 1.49. The predicted octanol–water partition coefficient (Wildman–Crippen LogP) is -0.405. The van der Waals surface area contributed by atoms with E-state index in [0.29, 0.717) is 0 Å². The van der Waals surface area contributed by atoms with Crippen molar-refractivity contribution in [3.63, 3.8) is 0 Å². The summed E-state index contributed by atoms with van der Waals surface area (Å²) in [5.74, 6) is -1.00. The standard InChI is InChI=1S/C10H10.C6H12O6/c1-3-9-7-5-6-8-10(9)4-2;7-1-3(9)5(11)6(12)4(10)2-8/h3-8H,1-2H2;3,5-9,11-12H,1-2H2/t;3-,5+,6+/m.1/s1. The van der Waals surface area contributed by atoms with E-state index in [1.165, 1.54) is 0 Å². The number of hydrogen-bond donors (Lipinski definition) is 5. The number of aliphatic hydroxyl groups excluding tert-OH is 5. The molecule has 1 aromatic carbocycles. The average Bonchev–Trinajstić information content (AvgIpc) is 2.59. The normalized spacial score (nSPS) is 14.0. The summed E-state index contributed by atoms with van der Waals surface area (Å²) in [5, 5.41) is 43.1. The first-order chi connectivity index (χ1) is 10.4. The van der Waals surface area contributed by atoms with Crippen LogP contribution in [0.5, 0.6) is 0 Å². The molecule has 3 atom stereocenters. The third-order valence-electron chi connectivity index (χ3n) is 2.83. The van der Waals surface area contributed by atoms with Gasteiger partial charge >= 0.3 is 0 Å². The quantitative estimate of drug-likeness (QED) is 0.467. The molecule has 0 unspecified atom stereocenters. The van der Waals surface area contributed by atoms with Gasteiger partial charge in [-0.3, -0.25) is 4.79 Å². The van der Waals surface area contributed by atoms with Crippen LogP contribution in [-0.4, -0.2) is 62.8 Å². The van der Waals surface area contributed by atoms with E-state index < -0.39 is 37.3 Å². The van der Waals surface area contributed by atoms with Crippen LogP contribution in [0.3, 0.4) is 0 Å². The minimum Gasteiger partial charge on any atom is -0.394 e. The minimum absolute atomic E-state index is 0.767. The van der Waals surface area contributed by atoms with E-state index in [1.54, 1.807) is 0 Å². The summed E-state index contributed by atoms with van der Waals surface area (Å²) in [6.45, 7) is 5.70. The van der Waals surface area contributed by atoms with Crippen LogP contribution >= 0.6 is 0 Å². The van der Waals surface area contributed by atoms with Gasteiger partial charge in [-0.25, -0.2) is 0 Å². The van der Waals surface area contributed by atoms with Crippen molar-refractivity contribution in [2.45, 2.75) is 18.3 Å². The lowest BCUT2D eigenvalue weighted by atomic mass is 10.1. The first kappa shape index (κ1) is 20.2. The summed E-state index contributed by atoms with van der Waals surface area (Å²) in [4.78, 5) is 10.5. The van der Waals surface area contributed by atoms with Gasteiger partial charge in [0.25, 0.3) is 0 Å². The molecule has 122 valence electrons. The van der Waals surface area contributed by atoms with Gasteiger partial charge in [-0.05, 0) is 11.1 Å². The van der Waals surface area contributed by atoms with Gasteiger partial charge in [0.05, 0.1) is 6.61 Å². The van der Waals surface area contributed by atoms with Crippen LogP contribution in [0.1, 0.15) is 11.1 Å². The molecule has 1 rings (SSSR count). The molecule has 0 bridgehead atoms. The maximum absolute atomic E-state index is 10.5. The summed E-state index contributed by atoms with van der Waals surface area (Å²) in [5.41, 5.74) is 2.27. The highest BCUT2D eigenvalue weighted by Crippen LogP contribution is 2.10. The van der Waals surface area contributed by atoms with Gasteiger partial charge in [-0.1, -0.05) is 49.6 Å².